The summed E-state index contributed by atoms with van der Waals surface area (Å²) in [6, 6.07) is 18.5. The molecule has 0 saturated heterocycles. The van der Waals surface area contributed by atoms with Crippen LogP contribution >= 0.6 is 0 Å². The number of aromatic nitrogens is 1. The molecule has 0 bridgehead atoms. The zero-order valence-electron chi connectivity index (χ0n) is 15.2. The van der Waals surface area contributed by atoms with Gasteiger partial charge in [0.1, 0.15) is 5.75 Å². The van der Waals surface area contributed by atoms with E-state index in [1.807, 2.05) is 36.7 Å². The van der Waals surface area contributed by atoms with Crippen molar-refractivity contribution in [2.75, 3.05) is 7.11 Å². The number of ether oxygens (including phenoxy) is 1. The summed E-state index contributed by atoms with van der Waals surface area (Å²) in [5, 5.41) is 0. The van der Waals surface area contributed by atoms with E-state index in [1.165, 1.54) is 5.56 Å². The molecule has 0 aliphatic heterocycles. The number of benzene rings is 2. The van der Waals surface area contributed by atoms with E-state index in [-0.39, 0.29) is 5.41 Å². The summed E-state index contributed by atoms with van der Waals surface area (Å²) in [4.78, 5) is 4.58. The van der Waals surface area contributed by atoms with Crippen LogP contribution < -0.4 is 4.74 Å². The third kappa shape index (κ3) is 4.18. The SMILES string of the molecule is COc1ccc(-n2ccc(C=Nc3ccc(C(C)(C)C)cc3)c2)cc1. The number of aliphatic imine (C=N–C) groups is 1. The molecule has 3 nitrogen and oxygen atoms in total. The molecule has 3 heteroatoms. The lowest BCUT2D eigenvalue weighted by atomic mass is 9.87. The van der Waals surface area contributed by atoms with E-state index >= 15 is 0 Å². The minimum Gasteiger partial charge on any atom is -0.497 e. The second-order valence-corrected chi connectivity index (χ2v) is 7.11. The molecule has 0 unspecified atom stereocenters. The highest BCUT2D eigenvalue weighted by Crippen LogP contribution is 2.24. The van der Waals surface area contributed by atoms with Crippen LogP contribution in [0.2, 0.25) is 0 Å². The van der Waals surface area contributed by atoms with E-state index in [0.717, 1.165) is 22.7 Å². The number of rotatable bonds is 4. The van der Waals surface area contributed by atoms with Gasteiger partial charge in [-0.15, -0.1) is 0 Å². The van der Waals surface area contributed by atoms with Crippen molar-refractivity contribution in [2.24, 2.45) is 4.99 Å². The second kappa shape index (κ2) is 6.98. The van der Waals surface area contributed by atoms with Crippen molar-refractivity contribution in [1.82, 2.24) is 4.57 Å². The molecule has 128 valence electrons. The highest BCUT2D eigenvalue weighted by atomic mass is 16.5. The smallest absolute Gasteiger partial charge is 0.119 e. The lowest BCUT2D eigenvalue weighted by Gasteiger charge is -2.18. The predicted molar refractivity (Wildman–Crippen MR) is 105 cm³/mol. The van der Waals surface area contributed by atoms with Crippen LogP contribution in [0.5, 0.6) is 5.75 Å². The van der Waals surface area contributed by atoms with E-state index in [1.54, 1.807) is 7.11 Å². The summed E-state index contributed by atoms with van der Waals surface area (Å²) < 4.78 is 7.27. The molecule has 1 aromatic heterocycles. The van der Waals surface area contributed by atoms with Crippen molar-refractivity contribution in [3.05, 3.63) is 78.1 Å². The van der Waals surface area contributed by atoms with Gasteiger partial charge >= 0.3 is 0 Å². The standard InChI is InChI=1S/C22H24N2O/c1-22(2,3)18-5-7-19(8-6-18)23-15-17-13-14-24(16-17)20-9-11-21(25-4)12-10-20/h5-16H,1-4H3. The molecule has 0 aliphatic rings. The fourth-order valence-electron chi connectivity index (χ4n) is 2.60. The van der Waals surface area contributed by atoms with Crippen LogP contribution in [-0.2, 0) is 5.41 Å². The molecule has 0 fully saturated rings. The molecule has 0 saturated carbocycles. The average Bonchev–Trinajstić information content (AvgIpc) is 3.09. The van der Waals surface area contributed by atoms with Crippen LogP contribution in [0.3, 0.4) is 0 Å². The molecule has 3 rings (SSSR count). The van der Waals surface area contributed by atoms with E-state index < -0.39 is 0 Å². The van der Waals surface area contributed by atoms with Gasteiger partial charge in [-0.3, -0.25) is 4.99 Å². The van der Waals surface area contributed by atoms with E-state index in [9.17, 15) is 0 Å². The molecule has 25 heavy (non-hydrogen) atoms. The maximum atomic E-state index is 5.20. The Bertz CT molecular complexity index is 850. The monoisotopic (exact) mass is 332 g/mol. The third-order valence-corrected chi connectivity index (χ3v) is 4.18. The topological polar surface area (TPSA) is 26.5 Å². The Balaban J connectivity index is 1.73. The highest BCUT2D eigenvalue weighted by molar-refractivity contribution is 5.81. The van der Waals surface area contributed by atoms with Gasteiger partial charge in [0.15, 0.2) is 0 Å². The van der Waals surface area contributed by atoms with Gasteiger partial charge in [-0.05, 0) is 53.4 Å². The number of nitrogens with zero attached hydrogens (tertiary/aromatic N) is 2. The van der Waals surface area contributed by atoms with Crippen molar-refractivity contribution >= 4 is 11.9 Å². The Kier molecular flexibility index (Phi) is 4.75. The number of hydrogen-bond acceptors (Lipinski definition) is 2. The Morgan fingerprint density at radius 3 is 2.20 bits per heavy atom. The van der Waals surface area contributed by atoms with Crippen molar-refractivity contribution in [3.63, 3.8) is 0 Å². The largest absolute Gasteiger partial charge is 0.497 e. The van der Waals surface area contributed by atoms with Crippen molar-refractivity contribution < 1.29 is 4.74 Å². The molecule has 0 spiro atoms. The first kappa shape index (κ1) is 17.0. The second-order valence-electron chi connectivity index (χ2n) is 7.11. The summed E-state index contributed by atoms with van der Waals surface area (Å²) in [7, 11) is 1.67. The van der Waals surface area contributed by atoms with Crippen molar-refractivity contribution in [1.29, 1.82) is 0 Å². The van der Waals surface area contributed by atoms with Crippen LogP contribution in [-0.4, -0.2) is 17.9 Å². The summed E-state index contributed by atoms with van der Waals surface area (Å²) >= 11 is 0. The van der Waals surface area contributed by atoms with Gasteiger partial charge in [0.05, 0.1) is 12.8 Å². The zero-order valence-corrected chi connectivity index (χ0v) is 15.2. The lowest BCUT2D eigenvalue weighted by Crippen LogP contribution is -2.10. The molecule has 1 heterocycles. The molecule has 2 aromatic carbocycles. The Hall–Kier alpha value is -2.81. The molecular weight excluding hydrogens is 308 g/mol. The maximum absolute atomic E-state index is 5.20. The van der Waals surface area contributed by atoms with Crippen molar-refractivity contribution in [2.45, 2.75) is 26.2 Å². The highest BCUT2D eigenvalue weighted by Gasteiger charge is 2.12. The summed E-state index contributed by atoms with van der Waals surface area (Å²) in [5.74, 6) is 0.858. The number of methoxy groups -OCH3 is 1. The summed E-state index contributed by atoms with van der Waals surface area (Å²) in [6.07, 6.45) is 5.99. The van der Waals surface area contributed by atoms with Gasteiger partial charge < -0.3 is 9.30 Å². The van der Waals surface area contributed by atoms with Gasteiger partial charge in [-0.1, -0.05) is 32.9 Å². The maximum Gasteiger partial charge on any atom is 0.119 e. The van der Waals surface area contributed by atoms with E-state index in [2.05, 4.69) is 66.9 Å². The summed E-state index contributed by atoms with van der Waals surface area (Å²) in [6.45, 7) is 6.65. The minimum absolute atomic E-state index is 0.165. The fourth-order valence-corrected chi connectivity index (χ4v) is 2.60. The van der Waals surface area contributed by atoms with Gasteiger partial charge in [0.25, 0.3) is 0 Å². The molecule has 0 atom stereocenters. The minimum atomic E-state index is 0.165. The van der Waals surface area contributed by atoms with E-state index in [0.29, 0.717) is 0 Å². The molecule has 0 N–H and O–H groups in total. The van der Waals surface area contributed by atoms with Crippen LogP contribution in [0.4, 0.5) is 5.69 Å². The first-order valence-corrected chi connectivity index (χ1v) is 8.43. The normalized spacial score (nSPS) is 11.8. The van der Waals surface area contributed by atoms with Crippen molar-refractivity contribution in [3.8, 4) is 11.4 Å². The van der Waals surface area contributed by atoms with Gasteiger partial charge in [0, 0.05) is 29.9 Å². The van der Waals surface area contributed by atoms with Crippen LogP contribution in [0.1, 0.15) is 31.9 Å². The quantitative estimate of drug-likeness (QED) is 0.577. The average molecular weight is 332 g/mol. The lowest BCUT2D eigenvalue weighted by molar-refractivity contribution is 0.415. The third-order valence-electron chi connectivity index (χ3n) is 4.18. The van der Waals surface area contributed by atoms with Gasteiger partial charge in [0.2, 0.25) is 0 Å². The first-order chi connectivity index (χ1) is 12.0. The van der Waals surface area contributed by atoms with Crippen LogP contribution in [0, 0.1) is 0 Å². The van der Waals surface area contributed by atoms with Gasteiger partial charge in [-0.25, -0.2) is 0 Å². The molecule has 0 amide bonds. The Labute approximate surface area is 149 Å². The predicted octanol–water partition coefficient (Wildman–Crippen LogP) is 5.53. The molecule has 0 aliphatic carbocycles. The molecular formula is C22H24N2O. The fraction of sp³-hybridized carbons (Fsp3) is 0.227. The van der Waals surface area contributed by atoms with Crippen LogP contribution in [0.25, 0.3) is 5.69 Å². The Morgan fingerprint density at radius 1 is 0.920 bits per heavy atom. The zero-order chi connectivity index (χ0) is 17.9. The van der Waals surface area contributed by atoms with Gasteiger partial charge in [-0.2, -0.15) is 0 Å². The number of hydrogen-bond donors (Lipinski definition) is 0. The molecule has 0 radical (unpaired) electrons. The Morgan fingerprint density at radius 2 is 1.60 bits per heavy atom. The summed E-state index contributed by atoms with van der Waals surface area (Å²) in [5.41, 5.74) is 4.60. The first-order valence-electron chi connectivity index (χ1n) is 8.43. The van der Waals surface area contributed by atoms with Crippen LogP contribution in [0.15, 0.2) is 72.0 Å². The van der Waals surface area contributed by atoms with E-state index in [4.69, 9.17) is 4.74 Å². The molecule has 3 aromatic rings.